The van der Waals surface area contributed by atoms with Crippen LogP contribution >= 0.6 is 11.3 Å². The van der Waals surface area contributed by atoms with Gasteiger partial charge in [-0.2, -0.15) is 0 Å². The van der Waals surface area contributed by atoms with Crippen LogP contribution in [0.3, 0.4) is 0 Å². The first-order chi connectivity index (χ1) is 9.83. The third kappa shape index (κ3) is 2.96. The van der Waals surface area contributed by atoms with Crippen molar-refractivity contribution < 1.29 is 0 Å². The van der Waals surface area contributed by atoms with Gasteiger partial charge in [-0.15, -0.1) is 21.5 Å². The second-order valence-corrected chi connectivity index (χ2v) is 5.76. The lowest BCUT2D eigenvalue weighted by Gasteiger charge is -2.08. The number of rotatable bonds is 6. The van der Waals surface area contributed by atoms with E-state index in [-0.39, 0.29) is 0 Å². The molecule has 0 bridgehead atoms. The summed E-state index contributed by atoms with van der Waals surface area (Å²) in [6.45, 7) is 3.93. The molecule has 0 N–H and O–H groups in total. The molecule has 0 radical (unpaired) electrons. The predicted molar refractivity (Wildman–Crippen MR) is 78.7 cm³/mol. The molecule has 0 aromatic carbocycles. The molecule has 6 heteroatoms. The van der Waals surface area contributed by atoms with Crippen LogP contribution < -0.4 is 0 Å². The Hall–Kier alpha value is -1.95. The zero-order valence-corrected chi connectivity index (χ0v) is 12.3. The predicted octanol–water partition coefficient (Wildman–Crippen LogP) is 2.53. The molecule has 0 spiro atoms. The van der Waals surface area contributed by atoms with Crippen LogP contribution in [0.2, 0.25) is 0 Å². The molecular weight excluding hydrogens is 270 g/mol. The number of imidazole rings is 1. The summed E-state index contributed by atoms with van der Waals surface area (Å²) in [4.78, 5) is 5.38. The van der Waals surface area contributed by atoms with Crippen LogP contribution in [0, 0.1) is 6.92 Å². The Morgan fingerprint density at radius 3 is 2.95 bits per heavy atom. The Kier molecular flexibility index (Phi) is 3.92. The van der Waals surface area contributed by atoms with Crippen LogP contribution in [-0.2, 0) is 19.5 Å². The van der Waals surface area contributed by atoms with E-state index in [1.54, 1.807) is 11.3 Å². The van der Waals surface area contributed by atoms with Crippen molar-refractivity contribution in [2.24, 2.45) is 0 Å². The molecule has 0 fully saturated rings. The van der Waals surface area contributed by atoms with Gasteiger partial charge < -0.3 is 9.13 Å². The second kappa shape index (κ2) is 6.00. The molecule has 3 aromatic rings. The van der Waals surface area contributed by atoms with E-state index in [9.17, 15) is 0 Å². The smallest absolute Gasteiger partial charge is 0.138 e. The van der Waals surface area contributed by atoms with Gasteiger partial charge >= 0.3 is 0 Å². The normalized spacial score (nSPS) is 11.1. The van der Waals surface area contributed by atoms with Gasteiger partial charge in [0, 0.05) is 36.8 Å². The number of thiophene rings is 1. The topological polar surface area (TPSA) is 48.5 Å². The monoisotopic (exact) mass is 287 g/mol. The number of hydrogen-bond donors (Lipinski definition) is 0. The molecule has 3 aromatic heterocycles. The molecule has 0 aliphatic heterocycles. The number of aromatic nitrogens is 5. The van der Waals surface area contributed by atoms with Crippen molar-refractivity contribution in [1.29, 1.82) is 0 Å². The van der Waals surface area contributed by atoms with Gasteiger partial charge in [0.25, 0.3) is 0 Å². The summed E-state index contributed by atoms with van der Waals surface area (Å²) >= 11 is 1.76. The molecule has 3 rings (SSSR count). The van der Waals surface area contributed by atoms with E-state index in [2.05, 4.69) is 41.8 Å². The van der Waals surface area contributed by atoms with Gasteiger partial charge in [0.05, 0.1) is 6.33 Å². The highest BCUT2D eigenvalue weighted by molar-refractivity contribution is 7.09. The summed E-state index contributed by atoms with van der Waals surface area (Å²) < 4.78 is 4.31. The van der Waals surface area contributed by atoms with E-state index >= 15 is 0 Å². The molecule has 104 valence electrons. The number of hydrogen-bond acceptors (Lipinski definition) is 4. The van der Waals surface area contributed by atoms with E-state index in [0.717, 1.165) is 37.6 Å². The minimum Gasteiger partial charge on any atom is -0.337 e. The molecule has 0 amide bonds. The molecule has 0 saturated carbocycles. The molecule has 0 atom stereocenters. The van der Waals surface area contributed by atoms with Gasteiger partial charge in [0.2, 0.25) is 0 Å². The Labute approximate surface area is 121 Å². The van der Waals surface area contributed by atoms with Crippen molar-refractivity contribution in [3.63, 3.8) is 0 Å². The summed E-state index contributed by atoms with van der Waals surface area (Å²) in [6.07, 6.45) is 7.57. The van der Waals surface area contributed by atoms with Gasteiger partial charge in [0.1, 0.15) is 11.6 Å². The molecule has 20 heavy (non-hydrogen) atoms. The van der Waals surface area contributed by atoms with E-state index < -0.39 is 0 Å². The molecular formula is C14H17N5S. The van der Waals surface area contributed by atoms with E-state index in [4.69, 9.17) is 0 Å². The van der Waals surface area contributed by atoms with Gasteiger partial charge in [-0.1, -0.05) is 6.07 Å². The van der Waals surface area contributed by atoms with E-state index in [1.807, 2.05) is 25.6 Å². The van der Waals surface area contributed by atoms with E-state index in [0.29, 0.717) is 0 Å². The van der Waals surface area contributed by atoms with Crippen molar-refractivity contribution in [2.75, 3.05) is 0 Å². The first-order valence-corrected chi connectivity index (χ1v) is 7.57. The van der Waals surface area contributed by atoms with Crippen molar-refractivity contribution >= 4 is 11.3 Å². The summed E-state index contributed by atoms with van der Waals surface area (Å²) in [5, 5.41) is 10.6. The average molecular weight is 287 g/mol. The number of nitrogens with zero attached hydrogens (tertiary/aromatic N) is 5. The lowest BCUT2D eigenvalue weighted by atomic mass is 10.3. The third-order valence-electron chi connectivity index (χ3n) is 3.28. The van der Waals surface area contributed by atoms with Crippen molar-refractivity contribution in [3.8, 4) is 0 Å². The molecule has 0 aliphatic carbocycles. The van der Waals surface area contributed by atoms with Crippen molar-refractivity contribution in [3.05, 3.63) is 52.8 Å². The lowest BCUT2D eigenvalue weighted by Crippen LogP contribution is -2.08. The van der Waals surface area contributed by atoms with Crippen molar-refractivity contribution in [2.45, 2.75) is 32.9 Å². The summed E-state index contributed by atoms with van der Waals surface area (Å²) in [7, 11) is 0. The van der Waals surface area contributed by atoms with Gasteiger partial charge in [-0.25, -0.2) is 4.98 Å². The van der Waals surface area contributed by atoms with Gasteiger partial charge in [-0.3, -0.25) is 0 Å². The quantitative estimate of drug-likeness (QED) is 0.700. The first-order valence-electron chi connectivity index (χ1n) is 6.70. The van der Waals surface area contributed by atoms with Crippen LogP contribution in [0.25, 0.3) is 0 Å². The van der Waals surface area contributed by atoms with Crippen LogP contribution in [0.5, 0.6) is 0 Å². The zero-order chi connectivity index (χ0) is 13.8. The zero-order valence-electron chi connectivity index (χ0n) is 11.4. The standard InChI is InChI=1S/C14H17N5S/c1-12-16-17-14(10-13-4-2-9-20-13)19(12)7-3-6-18-8-5-15-11-18/h2,4-5,8-9,11H,3,6-7,10H2,1H3. The summed E-state index contributed by atoms with van der Waals surface area (Å²) in [5.74, 6) is 2.04. The maximum Gasteiger partial charge on any atom is 0.138 e. The molecule has 3 heterocycles. The fraction of sp³-hybridized carbons (Fsp3) is 0.357. The highest BCUT2D eigenvalue weighted by atomic mass is 32.1. The van der Waals surface area contributed by atoms with Crippen molar-refractivity contribution in [1.82, 2.24) is 24.3 Å². The van der Waals surface area contributed by atoms with Gasteiger partial charge in [-0.05, 0) is 24.8 Å². The highest BCUT2D eigenvalue weighted by Gasteiger charge is 2.09. The fourth-order valence-electron chi connectivity index (χ4n) is 2.25. The average Bonchev–Trinajstić information content (AvgIpc) is 3.16. The van der Waals surface area contributed by atoms with E-state index in [1.165, 1.54) is 4.88 Å². The summed E-state index contributed by atoms with van der Waals surface area (Å²) in [6, 6.07) is 4.22. The maximum absolute atomic E-state index is 4.31. The number of aryl methyl sites for hydroxylation is 2. The van der Waals surface area contributed by atoms with Gasteiger partial charge in [0.15, 0.2) is 0 Å². The maximum atomic E-state index is 4.31. The molecule has 0 aliphatic rings. The first kappa shape index (κ1) is 13.1. The van der Waals surface area contributed by atoms with Crippen LogP contribution in [0.1, 0.15) is 22.9 Å². The minimum absolute atomic E-state index is 0.865. The summed E-state index contributed by atoms with van der Waals surface area (Å²) in [5.41, 5.74) is 0. The fourth-order valence-corrected chi connectivity index (χ4v) is 2.95. The molecule has 0 saturated heterocycles. The molecule has 0 unspecified atom stereocenters. The third-order valence-corrected chi connectivity index (χ3v) is 4.16. The largest absolute Gasteiger partial charge is 0.337 e. The SMILES string of the molecule is Cc1nnc(Cc2cccs2)n1CCCn1ccnc1. The van der Waals surface area contributed by atoms with Crippen LogP contribution in [0.15, 0.2) is 36.2 Å². The lowest BCUT2D eigenvalue weighted by molar-refractivity contribution is 0.543. The minimum atomic E-state index is 0.865. The highest BCUT2D eigenvalue weighted by Crippen LogP contribution is 2.14. The Balaban J connectivity index is 1.64. The Morgan fingerprint density at radius 1 is 1.25 bits per heavy atom. The Bertz CT molecular complexity index is 639. The Morgan fingerprint density at radius 2 is 2.20 bits per heavy atom. The van der Waals surface area contributed by atoms with Crippen LogP contribution in [-0.4, -0.2) is 24.3 Å². The molecule has 5 nitrogen and oxygen atoms in total. The second-order valence-electron chi connectivity index (χ2n) is 4.73. The van der Waals surface area contributed by atoms with Crippen LogP contribution in [0.4, 0.5) is 0 Å².